The van der Waals surface area contributed by atoms with Crippen LogP contribution < -0.4 is 4.90 Å². The van der Waals surface area contributed by atoms with E-state index >= 15 is 0 Å². The molecule has 1 aromatic heterocycles. The Kier molecular flexibility index (Phi) is 6.12. The van der Waals surface area contributed by atoms with Gasteiger partial charge in [-0.2, -0.15) is 13.2 Å². The van der Waals surface area contributed by atoms with E-state index in [-0.39, 0.29) is 22.6 Å². The lowest BCUT2D eigenvalue weighted by molar-refractivity contribution is -0.0328. The first-order chi connectivity index (χ1) is 11.7. The molecule has 134 valence electrons. The quantitative estimate of drug-likeness (QED) is 0.544. The first-order valence-corrected chi connectivity index (χ1v) is 8.74. The Labute approximate surface area is 150 Å². The molecule has 0 atom stereocenters. The highest BCUT2D eigenvalue weighted by Crippen LogP contribution is 2.37. The van der Waals surface area contributed by atoms with Crippen LogP contribution in [0.15, 0.2) is 41.3 Å². The molecule has 0 aliphatic heterocycles. The summed E-state index contributed by atoms with van der Waals surface area (Å²) in [5.74, 6) is -0.862. The van der Waals surface area contributed by atoms with Crippen molar-refractivity contribution in [1.82, 2.24) is 0 Å². The summed E-state index contributed by atoms with van der Waals surface area (Å²) >= 11 is 0.794. The van der Waals surface area contributed by atoms with E-state index in [1.54, 1.807) is 6.92 Å². The molecule has 0 radical (unpaired) electrons. The monoisotopic (exact) mass is 389 g/mol. The van der Waals surface area contributed by atoms with Crippen molar-refractivity contribution in [3.05, 3.63) is 46.2 Å². The molecule has 1 amide bonds. The highest BCUT2D eigenvalue weighted by Gasteiger charge is 2.29. The molecular formula is C16H14F3NO3S2. The van der Waals surface area contributed by atoms with E-state index in [4.69, 9.17) is 0 Å². The molecule has 0 saturated heterocycles. The molecule has 0 aliphatic carbocycles. The van der Waals surface area contributed by atoms with Crippen LogP contribution in [-0.2, 0) is 4.74 Å². The summed E-state index contributed by atoms with van der Waals surface area (Å²) in [5.41, 5.74) is -3.88. The van der Waals surface area contributed by atoms with Crippen LogP contribution in [0.3, 0.4) is 0 Å². The van der Waals surface area contributed by atoms with E-state index in [1.807, 2.05) is 0 Å². The van der Waals surface area contributed by atoms with Crippen molar-refractivity contribution >= 4 is 40.7 Å². The highest BCUT2D eigenvalue weighted by molar-refractivity contribution is 8.00. The average Bonchev–Trinajstić information content (AvgIpc) is 3.05. The van der Waals surface area contributed by atoms with Crippen LogP contribution in [0.25, 0.3) is 0 Å². The predicted octanol–water partition coefficient (Wildman–Crippen LogP) is 4.81. The number of hydrogen-bond acceptors (Lipinski definition) is 5. The van der Waals surface area contributed by atoms with Gasteiger partial charge >= 0.3 is 11.5 Å². The minimum Gasteiger partial charge on any atom is -0.465 e. The molecule has 9 heteroatoms. The third kappa shape index (κ3) is 4.99. The third-order valence-electron chi connectivity index (χ3n) is 3.15. The Balaban J connectivity index is 2.19. The molecule has 1 heterocycles. The molecule has 2 aromatic rings. The summed E-state index contributed by atoms with van der Waals surface area (Å²) in [6.45, 7) is 2.08. The Hall–Kier alpha value is -2.00. The number of esters is 1. The number of ether oxygens (including phenoxy) is 1. The van der Waals surface area contributed by atoms with Crippen LogP contribution in [0.1, 0.15) is 26.3 Å². The molecule has 0 fully saturated rings. The van der Waals surface area contributed by atoms with Crippen LogP contribution in [0.4, 0.5) is 18.9 Å². The maximum absolute atomic E-state index is 12.6. The van der Waals surface area contributed by atoms with Gasteiger partial charge in [-0.25, -0.2) is 4.79 Å². The zero-order valence-electron chi connectivity index (χ0n) is 13.3. The van der Waals surface area contributed by atoms with Crippen molar-refractivity contribution in [1.29, 1.82) is 0 Å². The number of amides is 1. The van der Waals surface area contributed by atoms with Crippen LogP contribution in [-0.4, -0.2) is 31.0 Å². The summed E-state index contributed by atoms with van der Waals surface area (Å²) < 4.78 is 41.7. The van der Waals surface area contributed by atoms with Gasteiger partial charge in [-0.3, -0.25) is 4.79 Å². The number of hydrogen-bond donors (Lipinski definition) is 0. The number of benzene rings is 1. The molecular weight excluding hydrogens is 375 g/mol. The second-order valence-corrected chi connectivity index (χ2v) is 6.97. The van der Waals surface area contributed by atoms with Gasteiger partial charge in [-0.15, -0.1) is 11.3 Å². The summed E-state index contributed by atoms with van der Waals surface area (Å²) in [6, 6.07) is 8.58. The minimum absolute atomic E-state index is 0.0452. The van der Waals surface area contributed by atoms with Crippen LogP contribution in [0.2, 0.25) is 0 Å². The molecule has 1 aromatic carbocycles. The number of thiophene rings is 1. The maximum atomic E-state index is 12.6. The molecule has 4 nitrogen and oxygen atoms in total. The van der Waals surface area contributed by atoms with Crippen molar-refractivity contribution in [2.45, 2.75) is 17.3 Å². The number of thioether (sulfide) groups is 1. The summed E-state index contributed by atoms with van der Waals surface area (Å²) in [5, 5.41) is 0. The van der Waals surface area contributed by atoms with Crippen molar-refractivity contribution in [3.8, 4) is 0 Å². The number of nitrogens with zero attached hydrogens (tertiary/aromatic N) is 1. The van der Waals surface area contributed by atoms with E-state index < -0.39 is 11.5 Å². The number of anilines is 1. The standard InChI is InChI=1S/C16H14F3NO3S2/c1-3-20(10-4-6-11(7-5-10)25-16(17,18)19)14(21)12-8-9-13(24-12)15(22)23-2/h4-9H,3H2,1-2H3. The van der Waals surface area contributed by atoms with Crippen LogP contribution in [0.5, 0.6) is 0 Å². The second-order valence-electron chi connectivity index (χ2n) is 4.75. The smallest absolute Gasteiger partial charge is 0.446 e. The Morgan fingerprint density at radius 3 is 2.24 bits per heavy atom. The molecule has 0 aliphatic rings. The van der Waals surface area contributed by atoms with Gasteiger partial charge in [0.2, 0.25) is 0 Å². The molecule has 0 unspecified atom stereocenters. The van der Waals surface area contributed by atoms with Gasteiger partial charge in [-0.05, 0) is 55.1 Å². The van der Waals surface area contributed by atoms with Gasteiger partial charge in [0.1, 0.15) is 4.88 Å². The van der Waals surface area contributed by atoms with Gasteiger partial charge < -0.3 is 9.64 Å². The minimum atomic E-state index is -4.36. The zero-order valence-corrected chi connectivity index (χ0v) is 14.9. The van der Waals surface area contributed by atoms with Crippen molar-refractivity contribution in [3.63, 3.8) is 0 Å². The second kappa shape index (κ2) is 7.92. The number of alkyl halides is 3. The van der Waals surface area contributed by atoms with Crippen molar-refractivity contribution < 1.29 is 27.5 Å². The van der Waals surface area contributed by atoms with Crippen LogP contribution >= 0.6 is 23.1 Å². The Morgan fingerprint density at radius 2 is 1.72 bits per heavy atom. The zero-order chi connectivity index (χ0) is 18.6. The van der Waals surface area contributed by atoms with Gasteiger partial charge in [0.05, 0.1) is 12.0 Å². The summed E-state index contributed by atoms with van der Waals surface area (Å²) in [4.78, 5) is 26.2. The lowest BCUT2D eigenvalue weighted by atomic mass is 10.2. The fourth-order valence-electron chi connectivity index (χ4n) is 2.07. The lowest BCUT2D eigenvalue weighted by Gasteiger charge is -2.20. The summed E-state index contributed by atoms with van der Waals surface area (Å²) in [6.07, 6.45) is 0. The topological polar surface area (TPSA) is 46.6 Å². The molecule has 0 spiro atoms. The van der Waals surface area contributed by atoms with E-state index in [2.05, 4.69) is 4.74 Å². The Bertz CT molecular complexity index is 757. The highest BCUT2D eigenvalue weighted by atomic mass is 32.2. The number of methoxy groups -OCH3 is 1. The first-order valence-electron chi connectivity index (χ1n) is 7.11. The SMILES string of the molecule is CCN(C(=O)c1ccc(C(=O)OC)s1)c1ccc(SC(F)(F)F)cc1. The predicted molar refractivity (Wildman–Crippen MR) is 91.4 cm³/mol. The molecule has 0 saturated carbocycles. The van der Waals surface area contributed by atoms with E-state index in [1.165, 1.54) is 48.4 Å². The van der Waals surface area contributed by atoms with Crippen molar-refractivity contribution in [2.75, 3.05) is 18.6 Å². The maximum Gasteiger partial charge on any atom is 0.446 e. The number of carbonyl (C=O) groups excluding carboxylic acids is 2. The summed E-state index contributed by atoms with van der Waals surface area (Å²) in [7, 11) is 1.25. The van der Waals surface area contributed by atoms with E-state index in [0.29, 0.717) is 22.0 Å². The normalized spacial score (nSPS) is 11.2. The fraction of sp³-hybridized carbons (Fsp3) is 0.250. The lowest BCUT2D eigenvalue weighted by Crippen LogP contribution is -2.29. The molecule has 25 heavy (non-hydrogen) atoms. The van der Waals surface area contributed by atoms with Gasteiger partial charge in [0.15, 0.2) is 0 Å². The first kappa shape index (κ1) is 19.3. The molecule has 0 bridgehead atoms. The number of halogens is 3. The number of rotatable bonds is 5. The van der Waals surface area contributed by atoms with Crippen molar-refractivity contribution in [2.24, 2.45) is 0 Å². The number of carbonyl (C=O) groups is 2. The fourth-order valence-corrected chi connectivity index (χ4v) is 3.48. The van der Waals surface area contributed by atoms with Crippen LogP contribution in [0, 0.1) is 0 Å². The van der Waals surface area contributed by atoms with Gasteiger partial charge in [-0.1, -0.05) is 0 Å². The van der Waals surface area contributed by atoms with E-state index in [0.717, 1.165) is 11.3 Å². The Morgan fingerprint density at radius 1 is 1.12 bits per heavy atom. The van der Waals surface area contributed by atoms with E-state index in [9.17, 15) is 22.8 Å². The van der Waals surface area contributed by atoms with Gasteiger partial charge in [0, 0.05) is 17.1 Å². The molecule has 2 rings (SSSR count). The third-order valence-corrected chi connectivity index (χ3v) is 4.94. The van der Waals surface area contributed by atoms with Gasteiger partial charge in [0.25, 0.3) is 5.91 Å². The average molecular weight is 389 g/mol. The molecule has 0 N–H and O–H groups in total. The largest absolute Gasteiger partial charge is 0.465 e.